The van der Waals surface area contributed by atoms with Crippen molar-refractivity contribution in [2.75, 3.05) is 0 Å². The van der Waals surface area contributed by atoms with Crippen LogP contribution in [0.15, 0.2) is 194 Å². The zero-order valence-electron chi connectivity index (χ0n) is 39.1. The molecule has 5 aliphatic carbocycles. The molecule has 0 N–H and O–H groups in total. The molecule has 0 amide bonds. The van der Waals surface area contributed by atoms with Gasteiger partial charge in [0.05, 0.1) is 11.0 Å². The molecule has 11 aromatic rings. The minimum absolute atomic E-state index is 0.0178. The number of benzene rings is 8. The second-order valence-corrected chi connectivity index (χ2v) is 20.6. The summed E-state index contributed by atoms with van der Waals surface area (Å²) in [7, 11) is 0. The van der Waals surface area contributed by atoms with Gasteiger partial charge in [-0.3, -0.25) is 4.98 Å². The van der Waals surface area contributed by atoms with Crippen LogP contribution in [0.3, 0.4) is 0 Å². The van der Waals surface area contributed by atoms with Gasteiger partial charge in [0.25, 0.3) is 0 Å². The Kier molecular flexibility index (Phi) is 8.69. The summed E-state index contributed by atoms with van der Waals surface area (Å²) >= 11 is 0. The van der Waals surface area contributed by atoms with Gasteiger partial charge in [0.2, 0.25) is 0 Å². The molecule has 1 spiro atoms. The van der Waals surface area contributed by atoms with Crippen molar-refractivity contribution in [1.82, 2.24) is 24.5 Å². The van der Waals surface area contributed by atoms with Crippen molar-refractivity contribution in [1.29, 1.82) is 0 Å². The first-order valence-electron chi connectivity index (χ1n) is 25.2. The third-order valence-corrected chi connectivity index (χ3v) is 17.1. The summed E-state index contributed by atoms with van der Waals surface area (Å²) in [6, 6.07) is 66.4. The molecule has 4 saturated carbocycles. The van der Waals surface area contributed by atoms with Crippen LogP contribution in [0.25, 0.3) is 106 Å². The first-order chi connectivity index (χ1) is 34.6. The summed E-state index contributed by atoms with van der Waals surface area (Å²) in [6.07, 6.45) is 10.6. The second kappa shape index (κ2) is 15.2. The van der Waals surface area contributed by atoms with Gasteiger partial charge in [-0.15, -0.1) is 0 Å². The fraction of sp³-hybridized carbons (Fsp3) is 0.169. The number of hydrogen-bond acceptors (Lipinski definition) is 4. The lowest BCUT2D eigenvalue weighted by Gasteiger charge is -2.61. The van der Waals surface area contributed by atoms with Gasteiger partial charge >= 0.3 is 0 Å². The highest BCUT2D eigenvalue weighted by molar-refractivity contribution is 6.19. The molecular weight excluding hydrogens is 851 g/mol. The minimum Gasteiger partial charge on any atom is -0.309 e. The Bertz CT molecular complexity index is 3790. The standard InChI is InChI=1S/C65H49N5/c1-39-51(42-13-5-2-6-14-42)26-27-54-59-57(65(60(39)54)48-32-40-31-41(34-48)35-49(65)33-40)29-28-53-56-36-46-19-11-21-52(47-20-12-30-66-38-47)55(46)37-58(56)70(61(53)59)50-24-22-45(23-25-50)64-68-62(43-15-7-3-8-16-43)67-63(69-64)44-17-9-4-10-18-44/h2-30,36-38,40-41,48-49H,31-35H2,1H3. The van der Waals surface area contributed by atoms with Crippen molar-refractivity contribution >= 4 is 32.6 Å². The highest BCUT2D eigenvalue weighted by Gasteiger charge is 2.62. The lowest BCUT2D eigenvalue weighted by Crippen LogP contribution is -2.55. The van der Waals surface area contributed by atoms with Gasteiger partial charge in [0.15, 0.2) is 17.5 Å². The van der Waals surface area contributed by atoms with E-state index in [1.54, 1.807) is 11.1 Å². The predicted octanol–water partition coefficient (Wildman–Crippen LogP) is 15.9. The Morgan fingerprint density at radius 2 is 1.07 bits per heavy atom. The Morgan fingerprint density at radius 3 is 1.70 bits per heavy atom. The van der Waals surface area contributed by atoms with E-state index in [2.05, 4.69) is 156 Å². The van der Waals surface area contributed by atoms with Crippen LogP contribution in [0.2, 0.25) is 0 Å². The van der Waals surface area contributed by atoms with Gasteiger partial charge in [-0.05, 0) is 155 Å². The van der Waals surface area contributed by atoms with Crippen molar-refractivity contribution in [2.24, 2.45) is 23.7 Å². The van der Waals surface area contributed by atoms with Crippen molar-refractivity contribution in [2.45, 2.75) is 44.4 Å². The maximum absolute atomic E-state index is 5.12. The van der Waals surface area contributed by atoms with Gasteiger partial charge in [-0.1, -0.05) is 140 Å². The van der Waals surface area contributed by atoms with Gasteiger partial charge in [-0.2, -0.15) is 0 Å². The molecule has 0 atom stereocenters. The maximum atomic E-state index is 5.12. The van der Waals surface area contributed by atoms with Crippen LogP contribution in [0.4, 0.5) is 0 Å². The van der Waals surface area contributed by atoms with Crippen LogP contribution in [0.1, 0.15) is 48.8 Å². The summed E-state index contributed by atoms with van der Waals surface area (Å²) in [6.45, 7) is 2.45. The zero-order chi connectivity index (χ0) is 46.1. The molecule has 8 aromatic carbocycles. The van der Waals surface area contributed by atoms with E-state index in [1.807, 2.05) is 54.9 Å². The quantitative estimate of drug-likeness (QED) is 0.167. The van der Waals surface area contributed by atoms with Crippen molar-refractivity contribution in [3.63, 3.8) is 0 Å². The van der Waals surface area contributed by atoms with Crippen LogP contribution >= 0.6 is 0 Å². The first-order valence-corrected chi connectivity index (χ1v) is 25.2. The van der Waals surface area contributed by atoms with E-state index >= 15 is 0 Å². The topological polar surface area (TPSA) is 56.5 Å². The molecule has 5 heteroatoms. The first kappa shape index (κ1) is 39.9. The fourth-order valence-corrected chi connectivity index (χ4v) is 14.5. The highest BCUT2D eigenvalue weighted by Crippen LogP contribution is 2.71. The monoisotopic (exact) mass is 899 g/mol. The van der Waals surface area contributed by atoms with E-state index in [1.165, 1.54) is 98.1 Å². The van der Waals surface area contributed by atoms with E-state index in [0.29, 0.717) is 29.3 Å². The molecule has 3 heterocycles. The number of rotatable bonds is 6. The number of pyridine rings is 1. The van der Waals surface area contributed by atoms with E-state index in [-0.39, 0.29) is 5.41 Å². The molecule has 0 radical (unpaired) electrons. The average Bonchev–Trinajstić information content (AvgIpc) is 3.92. The predicted molar refractivity (Wildman–Crippen MR) is 285 cm³/mol. The lowest BCUT2D eigenvalue weighted by molar-refractivity contribution is -0.0401. The van der Waals surface area contributed by atoms with Crippen LogP contribution in [0, 0.1) is 30.6 Å². The largest absolute Gasteiger partial charge is 0.309 e. The molecule has 16 rings (SSSR count). The molecule has 4 bridgehead atoms. The Morgan fingerprint density at radius 1 is 0.471 bits per heavy atom. The van der Waals surface area contributed by atoms with Crippen LogP contribution < -0.4 is 0 Å². The smallest absolute Gasteiger partial charge is 0.164 e. The summed E-state index contributed by atoms with van der Waals surface area (Å²) in [5.74, 6) is 4.94. The van der Waals surface area contributed by atoms with Gasteiger partial charge in [-0.25, -0.2) is 15.0 Å². The number of nitrogens with zero attached hydrogens (tertiary/aromatic N) is 5. The summed E-state index contributed by atoms with van der Waals surface area (Å²) in [5, 5.41) is 5.00. The molecular formula is C65H49N5. The third kappa shape index (κ3) is 5.78. The lowest BCUT2D eigenvalue weighted by atomic mass is 9.42. The third-order valence-electron chi connectivity index (χ3n) is 17.1. The summed E-state index contributed by atoms with van der Waals surface area (Å²) in [5.41, 5.74) is 18.9. The SMILES string of the molecule is Cc1c(-c2ccccc2)ccc2c1C1(c3ccc4c5cc6cccc(-c7cccnc7)c6cc5n(-c5ccc(-c6nc(-c7ccccc7)nc(-c7ccccc7)n6)cc5)c4c3-2)C2CC3CC(C2)CC1C3. The maximum Gasteiger partial charge on any atom is 0.164 e. The van der Waals surface area contributed by atoms with E-state index in [4.69, 9.17) is 15.0 Å². The van der Waals surface area contributed by atoms with Crippen molar-refractivity contribution in [3.05, 3.63) is 211 Å². The summed E-state index contributed by atoms with van der Waals surface area (Å²) < 4.78 is 2.60. The van der Waals surface area contributed by atoms with E-state index in [0.717, 1.165) is 39.8 Å². The molecule has 4 fully saturated rings. The van der Waals surface area contributed by atoms with Crippen LogP contribution in [-0.4, -0.2) is 24.5 Å². The molecule has 334 valence electrons. The van der Waals surface area contributed by atoms with E-state index < -0.39 is 0 Å². The van der Waals surface area contributed by atoms with Crippen LogP contribution in [0.5, 0.6) is 0 Å². The molecule has 0 saturated heterocycles. The van der Waals surface area contributed by atoms with E-state index in [9.17, 15) is 0 Å². The minimum atomic E-state index is -0.0178. The van der Waals surface area contributed by atoms with Gasteiger partial charge < -0.3 is 4.57 Å². The van der Waals surface area contributed by atoms with Crippen LogP contribution in [-0.2, 0) is 5.41 Å². The number of aromatic nitrogens is 5. The molecule has 3 aromatic heterocycles. The normalized spacial score (nSPS) is 20.7. The second-order valence-electron chi connectivity index (χ2n) is 20.6. The molecule has 5 nitrogen and oxygen atoms in total. The molecule has 5 aliphatic rings. The zero-order valence-corrected chi connectivity index (χ0v) is 39.1. The van der Waals surface area contributed by atoms with Crippen molar-refractivity contribution in [3.8, 4) is 73.2 Å². The number of fused-ring (bicyclic) bond motifs is 8. The van der Waals surface area contributed by atoms with Crippen molar-refractivity contribution < 1.29 is 0 Å². The van der Waals surface area contributed by atoms with Gasteiger partial charge in [0.1, 0.15) is 0 Å². The Hall–Kier alpha value is -8.02. The molecule has 70 heavy (non-hydrogen) atoms. The summed E-state index contributed by atoms with van der Waals surface area (Å²) in [4.78, 5) is 19.8. The fourth-order valence-electron chi connectivity index (χ4n) is 14.5. The average molecular weight is 900 g/mol. The Labute approximate surface area is 407 Å². The molecule has 0 unspecified atom stereocenters. The highest BCUT2D eigenvalue weighted by atomic mass is 15.0. The number of hydrogen-bond donors (Lipinski definition) is 0. The van der Waals surface area contributed by atoms with Gasteiger partial charge in [0, 0.05) is 62.1 Å². The molecule has 0 aliphatic heterocycles. The Balaban J connectivity index is 1.00.